The molecule has 0 saturated heterocycles. The maximum atomic E-state index is 10.8. The first kappa shape index (κ1) is 12.4. The normalized spacial score (nSPS) is 17.8. The zero-order chi connectivity index (χ0) is 9.99. The Balaban J connectivity index is 5.12. The molecular weight excluding hydrogens is 229 g/mol. The lowest BCUT2D eigenvalue weighted by Crippen LogP contribution is -2.47. The van der Waals surface area contributed by atoms with Crippen LogP contribution in [-0.4, -0.2) is 29.1 Å². The summed E-state index contributed by atoms with van der Waals surface area (Å²) in [4.78, 5) is 0. The third kappa shape index (κ3) is 2.01. The third-order valence-corrected chi connectivity index (χ3v) is 3.62. The minimum absolute atomic E-state index is 0.102. The number of rotatable bonds is 4. The molecule has 0 aliphatic rings. The highest BCUT2D eigenvalue weighted by molar-refractivity contribution is 7.87. The maximum Gasteiger partial charge on any atom is 0.312 e. The van der Waals surface area contributed by atoms with Crippen LogP contribution in [0.25, 0.3) is 0 Å². The quantitative estimate of drug-likeness (QED) is 0.452. The topological polar surface area (TPSA) is 66.8 Å². The van der Waals surface area contributed by atoms with Crippen molar-refractivity contribution in [1.82, 2.24) is 3.94 Å². The smallest absolute Gasteiger partial charge is 0.312 e. The van der Waals surface area contributed by atoms with Gasteiger partial charge in [-0.25, -0.2) is 0 Å². The number of ether oxygens (including phenoxy) is 1. The van der Waals surface area contributed by atoms with Crippen molar-refractivity contribution < 1.29 is 17.7 Å². The van der Waals surface area contributed by atoms with E-state index in [1.807, 2.05) is 0 Å². The second-order valence-corrected chi connectivity index (χ2v) is 4.42. The van der Waals surface area contributed by atoms with Gasteiger partial charge in [0.15, 0.2) is 0 Å². The Hall–Kier alpha value is 0.410. The van der Waals surface area contributed by atoms with Crippen molar-refractivity contribution >= 4 is 33.7 Å². The zero-order valence-electron chi connectivity index (χ0n) is 6.49. The van der Waals surface area contributed by atoms with Gasteiger partial charge in [0, 0.05) is 13.5 Å². The standard InChI is InChI=1S/C4H9Cl2NO4S/c1-3-4(11-2,7(5)6)12(8,9)10/h3H2,1-2H3,(H,8,9,10). The molecule has 0 aromatic rings. The Labute approximate surface area is 81.2 Å². The van der Waals surface area contributed by atoms with E-state index in [1.165, 1.54) is 6.92 Å². The van der Waals surface area contributed by atoms with Crippen LogP contribution in [-0.2, 0) is 14.9 Å². The minimum atomic E-state index is -4.49. The van der Waals surface area contributed by atoms with Crippen molar-refractivity contribution in [3.8, 4) is 0 Å². The molecule has 0 rings (SSSR count). The van der Waals surface area contributed by atoms with Crippen molar-refractivity contribution in [1.29, 1.82) is 0 Å². The summed E-state index contributed by atoms with van der Waals surface area (Å²) >= 11 is 10.4. The average Bonchev–Trinajstić information content (AvgIpc) is 1.87. The van der Waals surface area contributed by atoms with Crippen molar-refractivity contribution in [2.24, 2.45) is 0 Å². The van der Waals surface area contributed by atoms with Crippen LogP contribution in [0.5, 0.6) is 0 Å². The largest absolute Gasteiger partial charge is 0.347 e. The molecule has 5 nitrogen and oxygen atoms in total. The van der Waals surface area contributed by atoms with E-state index in [4.69, 9.17) is 28.1 Å². The summed E-state index contributed by atoms with van der Waals surface area (Å²) < 4.78 is 35.1. The van der Waals surface area contributed by atoms with Crippen LogP contribution in [0, 0.1) is 0 Å². The molecule has 0 radical (unpaired) electrons. The van der Waals surface area contributed by atoms with Gasteiger partial charge in [-0.05, 0) is 23.6 Å². The van der Waals surface area contributed by atoms with Crippen LogP contribution >= 0.6 is 23.6 Å². The summed E-state index contributed by atoms with van der Waals surface area (Å²) in [6, 6.07) is 0. The van der Waals surface area contributed by atoms with Gasteiger partial charge in [-0.15, -0.1) is 0 Å². The van der Waals surface area contributed by atoms with E-state index in [0.29, 0.717) is 0 Å². The van der Waals surface area contributed by atoms with Crippen molar-refractivity contribution in [2.45, 2.75) is 18.4 Å². The molecule has 0 fully saturated rings. The number of nitrogens with zero attached hydrogens (tertiary/aromatic N) is 1. The molecule has 0 aliphatic carbocycles. The van der Waals surface area contributed by atoms with Gasteiger partial charge in [-0.2, -0.15) is 8.42 Å². The zero-order valence-corrected chi connectivity index (χ0v) is 8.82. The fourth-order valence-electron chi connectivity index (χ4n) is 0.708. The molecule has 0 spiro atoms. The summed E-state index contributed by atoms with van der Waals surface area (Å²) in [5.74, 6) is 0. The highest BCUT2D eigenvalue weighted by atomic mass is 35.5. The molecule has 0 amide bonds. The van der Waals surface area contributed by atoms with Gasteiger partial charge in [0.1, 0.15) is 0 Å². The van der Waals surface area contributed by atoms with Gasteiger partial charge in [0.05, 0.1) is 0 Å². The lowest BCUT2D eigenvalue weighted by Gasteiger charge is -2.29. The van der Waals surface area contributed by atoms with Crippen molar-refractivity contribution in [2.75, 3.05) is 7.11 Å². The summed E-state index contributed by atoms with van der Waals surface area (Å²) in [5.41, 5.74) is 0. The molecule has 0 aromatic carbocycles. The van der Waals surface area contributed by atoms with E-state index >= 15 is 0 Å². The molecule has 1 N–H and O–H groups in total. The predicted molar refractivity (Wildman–Crippen MR) is 45.1 cm³/mol. The Bertz CT molecular complexity index is 235. The number of halogens is 2. The Morgan fingerprint density at radius 3 is 2.00 bits per heavy atom. The van der Waals surface area contributed by atoms with Crippen LogP contribution in [0.2, 0.25) is 0 Å². The summed E-state index contributed by atoms with van der Waals surface area (Å²) in [7, 11) is -3.41. The number of hydrogen-bond donors (Lipinski definition) is 1. The van der Waals surface area contributed by atoms with E-state index in [2.05, 4.69) is 4.74 Å². The maximum absolute atomic E-state index is 10.8. The van der Waals surface area contributed by atoms with Gasteiger partial charge in [0.2, 0.25) is 0 Å². The first-order valence-electron chi connectivity index (χ1n) is 2.95. The first-order valence-corrected chi connectivity index (χ1v) is 5.07. The second kappa shape index (κ2) is 4.08. The predicted octanol–water partition coefficient (Wildman–Crippen LogP) is 1.19. The van der Waals surface area contributed by atoms with Crippen LogP contribution in [0.4, 0.5) is 0 Å². The number of hydrogen-bond acceptors (Lipinski definition) is 4. The van der Waals surface area contributed by atoms with Gasteiger partial charge in [-0.3, -0.25) is 4.55 Å². The molecule has 0 saturated carbocycles. The average molecular weight is 238 g/mol. The molecule has 0 bridgehead atoms. The van der Waals surface area contributed by atoms with E-state index in [1.54, 1.807) is 0 Å². The number of methoxy groups -OCH3 is 1. The molecule has 1 unspecified atom stereocenters. The van der Waals surface area contributed by atoms with Crippen LogP contribution < -0.4 is 0 Å². The van der Waals surface area contributed by atoms with Crippen LogP contribution in [0.1, 0.15) is 13.3 Å². The highest BCUT2D eigenvalue weighted by Crippen LogP contribution is 2.30. The monoisotopic (exact) mass is 237 g/mol. The molecule has 0 aliphatic heterocycles. The Morgan fingerprint density at radius 2 is 2.00 bits per heavy atom. The molecule has 0 aromatic heterocycles. The molecule has 0 heterocycles. The second-order valence-electron chi connectivity index (χ2n) is 1.98. The van der Waals surface area contributed by atoms with E-state index in [9.17, 15) is 8.42 Å². The van der Waals surface area contributed by atoms with E-state index in [0.717, 1.165) is 7.11 Å². The Morgan fingerprint density at radius 1 is 1.58 bits per heavy atom. The van der Waals surface area contributed by atoms with Gasteiger partial charge >= 0.3 is 10.1 Å². The van der Waals surface area contributed by atoms with Gasteiger partial charge in [-0.1, -0.05) is 10.9 Å². The van der Waals surface area contributed by atoms with Crippen LogP contribution in [0.3, 0.4) is 0 Å². The van der Waals surface area contributed by atoms with Crippen molar-refractivity contribution in [3.63, 3.8) is 0 Å². The molecule has 74 valence electrons. The van der Waals surface area contributed by atoms with Crippen LogP contribution in [0.15, 0.2) is 0 Å². The fourth-order valence-corrected chi connectivity index (χ4v) is 2.36. The summed E-state index contributed by atoms with van der Waals surface area (Å²) in [5, 5.41) is -2.09. The molecular formula is C4H9Cl2NO4S. The summed E-state index contributed by atoms with van der Waals surface area (Å²) in [6.45, 7) is 1.45. The molecule has 8 heteroatoms. The fraction of sp³-hybridized carbons (Fsp3) is 1.00. The minimum Gasteiger partial charge on any atom is -0.347 e. The highest BCUT2D eigenvalue weighted by Gasteiger charge is 2.47. The first-order chi connectivity index (χ1) is 5.31. The SMILES string of the molecule is CCC(OC)(N(Cl)Cl)S(=O)(=O)O. The lowest BCUT2D eigenvalue weighted by molar-refractivity contribution is 0.0000544. The van der Waals surface area contributed by atoms with E-state index < -0.39 is 15.2 Å². The molecule has 12 heavy (non-hydrogen) atoms. The molecule has 1 atom stereocenters. The summed E-state index contributed by atoms with van der Waals surface area (Å²) in [6.07, 6.45) is -0.102. The van der Waals surface area contributed by atoms with Gasteiger partial charge < -0.3 is 4.74 Å². The lowest BCUT2D eigenvalue weighted by atomic mass is 10.4. The van der Waals surface area contributed by atoms with E-state index in [-0.39, 0.29) is 10.4 Å². The van der Waals surface area contributed by atoms with Gasteiger partial charge in [0.25, 0.3) is 5.06 Å². The third-order valence-electron chi connectivity index (χ3n) is 1.43. The Kier molecular flexibility index (Phi) is 4.22. The van der Waals surface area contributed by atoms with Crippen molar-refractivity contribution in [3.05, 3.63) is 0 Å².